The molecule has 2 heteroatoms. The van der Waals surface area contributed by atoms with Crippen LogP contribution in [-0.2, 0) is 6.54 Å². The minimum Gasteiger partial charge on any atom is -0.308 e. The first-order valence-electron chi connectivity index (χ1n) is 8.47. The van der Waals surface area contributed by atoms with Gasteiger partial charge in [-0.2, -0.15) is 0 Å². The highest BCUT2D eigenvalue weighted by Crippen LogP contribution is 2.36. The SMILES string of the molecule is Cc1ccc(C)c(CN2CC3(CCCC3)NCC2(C)C)c1. The van der Waals surface area contributed by atoms with Gasteiger partial charge in [0.2, 0.25) is 0 Å². The second kappa shape index (κ2) is 5.40. The van der Waals surface area contributed by atoms with Crippen molar-refractivity contribution in [1.29, 1.82) is 0 Å². The van der Waals surface area contributed by atoms with Gasteiger partial charge in [-0.25, -0.2) is 0 Å². The van der Waals surface area contributed by atoms with Gasteiger partial charge >= 0.3 is 0 Å². The largest absolute Gasteiger partial charge is 0.308 e. The van der Waals surface area contributed by atoms with Crippen molar-refractivity contribution < 1.29 is 0 Å². The standard InChI is InChI=1S/C19H30N2/c1-15-7-8-16(2)17(11-15)12-21-14-19(9-5-6-10-19)20-13-18(21,3)4/h7-8,11,20H,5-6,9-10,12-14H2,1-4H3. The third-order valence-electron chi connectivity index (χ3n) is 5.67. The summed E-state index contributed by atoms with van der Waals surface area (Å²) in [5.74, 6) is 0. The third-order valence-corrected chi connectivity index (χ3v) is 5.67. The molecular weight excluding hydrogens is 256 g/mol. The molecule has 1 aromatic carbocycles. The van der Waals surface area contributed by atoms with Crippen LogP contribution in [0.2, 0.25) is 0 Å². The number of benzene rings is 1. The number of piperazine rings is 1. The smallest absolute Gasteiger partial charge is 0.0309 e. The summed E-state index contributed by atoms with van der Waals surface area (Å²) in [6.45, 7) is 12.6. The van der Waals surface area contributed by atoms with Crippen molar-refractivity contribution in [3.05, 3.63) is 34.9 Å². The maximum atomic E-state index is 3.88. The van der Waals surface area contributed by atoms with E-state index in [1.165, 1.54) is 48.9 Å². The Morgan fingerprint density at radius 3 is 2.57 bits per heavy atom. The topological polar surface area (TPSA) is 15.3 Å². The van der Waals surface area contributed by atoms with Crippen molar-refractivity contribution in [2.45, 2.75) is 71.0 Å². The fourth-order valence-corrected chi connectivity index (χ4v) is 3.98. The van der Waals surface area contributed by atoms with Crippen molar-refractivity contribution in [2.75, 3.05) is 13.1 Å². The molecule has 0 aromatic heterocycles. The van der Waals surface area contributed by atoms with Crippen LogP contribution < -0.4 is 5.32 Å². The minimum atomic E-state index is 0.240. The molecule has 0 atom stereocenters. The summed E-state index contributed by atoms with van der Waals surface area (Å²) in [7, 11) is 0. The van der Waals surface area contributed by atoms with Crippen molar-refractivity contribution in [3.8, 4) is 0 Å². The molecule has 3 rings (SSSR count). The molecule has 2 fully saturated rings. The Kier molecular flexibility index (Phi) is 3.87. The van der Waals surface area contributed by atoms with E-state index in [-0.39, 0.29) is 5.54 Å². The molecule has 1 saturated heterocycles. The lowest BCUT2D eigenvalue weighted by atomic mass is 9.87. The molecule has 1 aliphatic carbocycles. The van der Waals surface area contributed by atoms with Gasteiger partial charge in [0.25, 0.3) is 0 Å². The zero-order chi connectivity index (χ0) is 15.1. The van der Waals surface area contributed by atoms with E-state index in [9.17, 15) is 0 Å². The fourth-order valence-electron chi connectivity index (χ4n) is 3.98. The first-order chi connectivity index (χ1) is 9.90. The number of nitrogens with one attached hydrogen (secondary N) is 1. The average molecular weight is 286 g/mol. The van der Waals surface area contributed by atoms with Crippen LogP contribution in [0.15, 0.2) is 18.2 Å². The molecule has 116 valence electrons. The Balaban J connectivity index is 1.82. The maximum absolute atomic E-state index is 3.88. The molecule has 1 saturated carbocycles. The van der Waals surface area contributed by atoms with Gasteiger partial charge in [0.15, 0.2) is 0 Å². The summed E-state index contributed by atoms with van der Waals surface area (Å²) in [6, 6.07) is 6.86. The summed E-state index contributed by atoms with van der Waals surface area (Å²) < 4.78 is 0. The summed E-state index contributed by atoms with van der Waals surface area (Å²) in [5.41, 5.74) is 4.93. The Morgan fingerprint density at radius 2 is 1.86 bits per heavy atom. The number of hydrogen-bond acceptors (Lipinski definition) is 2. The third kappa shape index (κ3) is 3.02. The molecule has 0 unspecified atom stereocenters. The van der Waals surface area contributed by atoms with E-state index in [2.05, 4.69) is 56.1 Å². The maximum Gasteiger partial charge on any atom is 0.0309 e. The summed E-state index contributed by atoms with van der Waals surface area (Å²) in [6.07, 6.45) is 5.49. The van der Waals surface area contributed by atoms with E-state index in [0.717, 1.165) is 13.1 Å². The second-order valence-corrected chi connectivity index (χ2v) is 7.94. The Labute approximate surface area is 129 Å². The van der Waals surface area contributed by atoms with Crippen LogP contribution in [0.3, 0.4) is 0 Å². The number of hydrogen-bond donors (Lipinski definition) is 1. The molecule has 0 amide bonds. The van der Waals surface area contributed by atoms with Crippen LogP contribution in [0.4, 0.5) is 0 Å². The Morgan fingerprint density at radius 1 is 1.14 bits per heavy atom. The van der Waals surface area contributed by atoms with Crippen LogP contribution in [0.25, 0.3) is 0 Å². The van der Waals surface area contributed by atoms with Gasteiger partial charge in [0.05, 0.1) is 0 Å². The van der Waals surface area contributed by atoms with Gasteiger partial charge in [-0.15, -0.1) is 0 Å². The summed E-state index contributed by atoms with van der Waals surface area (Å²) in [5, 5.41) is 3.88. The molecule has 1 heterocycles. The Hall–Kier alpha value is -0.860. The summed E-state index contributed by atoms with van der Waals surface area (Å²) in [4.78, 5) is 2.72. The van der Waals surface area contributed by atoms with Gasteiger partial charge < -0.3 is 5.32 Å². The first-order valence-corrected chi connectivity index (χ1v) is 8.47. The van der Waals surface area contributed by atoms with E-state index in [1.54, 1.807) is 0 Å². The molecule has 0 bridgehead atoms. The molecule has 0 radical (unpaired) electrons. The highest BCUT2D eigenvalue weighted by molar-refractivity contribution is 5.30. The molecule has 21 heavy (non-hydrogen) atoms. The van der Waals surface area contributed by atoms with Gasteiger partial charge in [-0.1, -0.05) is 36.6 Å². The average Bonchev–Trinajstić information content (AvgIpc) is 2.88. The van der Waals surface area contributed by atoms with Crippen molar-refractivity contribution >= 4 is 0 Å². The number of rotatable bonds is 2. The van der Waals surface area contributed by atoms with E-state index in [0.29, 0.717) is 5.54 Å². The highest BCUT2D eigenvalue weighted by atomic mass is 15.3. The van der Waals surface area contributed by atoms with Gasteiger partial charge in [0.1, 0.15) is 0 Å². The van der Waals surface area contributed by atoms with Crippen LogP contribution in [0, 0.1) is 13.8 Å². The van der Waals surface area contributed by atoms with Crippen molar-refractivity contribution in [2.24, 2.45) is 0 Å². The molecule has 1 N–H and O–H groups in total. The molecule has 1 spiro atoms. The monoisotopic (exact) mass is 286 g/mol. The fraction of sp³-hybridized carbons (Fsp3) is 0.684. The Bertz CT molecular complexity index is 512. The van der Waals surface area contributed by atoms with Crippen molar-refractivity contribution in [1.82, 2.24) is 10.2 Å². The number of aryl methyl sites for hydroxylation is 2. The highest BCUT2D eigenvalue weighted by Gasteiger charge is 2.44. The lowest BCUT2D eigenvalue weighted by Gasteiger charge is -2.51. The first kappa shape index (κ1) is 15.1. The zero-order valence-electron chi connectivity index (χ0n) is 14.1. The van der Waals surface area contributed by atoms with E-state index in [4.69, 9.17) is 0 Å². The van der Waals surface area contributed by atoms with E-state index >= 15 is 0 Å². The minimum absolute atomic E-state index is 0.240. The molecule has 1 aliphatic heterocycles. The molecular formula is C19H30N2. The predicted octanol–water partition coefficient (Wildman–Crippen LogP) is 3.80. The van der Waals surface area contributed by atoms with Crippen LogP contribution >= 0.6 is 0 Å². The number of nitrogens with zero attached hydrogens (tertiary/aromatic N) is 1. The van der Waals surface area contributed by atoms with Crippen LogP contribution in [0.5, 0.6) is 0 Å². The van der Waals surface area contributed by atoms with Crippen molar-refractivity contribution in [3.63, 3.8) is 0 Å². The normalized spacial score (nSPS) is 24.6. The summed E-state index contributed by atoms with van der Waals surface area (Å²) >= 11 is 0. The van der Waals surface area contributed by atoms with Gasteiger partial charge in [0, 0.05) is 30.7 Å². The van der Waals surface area contributed by atoms with Gasteiger partial charge in [-0.05, 0) is 51.7 Å². The zero-order valence-corrected chi connectivity index (χ0v) is 14.1. The van der Waals surface area contributed by atoms with Crippen LogP contribution in [-0.4, -0.2) is 29.1 Å². The lowest BCUT2D eigenvalue weighted by Crippen LogP contribution is -2.66. The van der Waals surface area contributed by atoms with Gasteiger partial charge in [-0.3, -0.25) is 4.90 Å². The quantitative estimate of drug-likeness (QED) is 0.889. The van der Waals surface area contributed by atoms with E-state index in [1.807, 2.05) is 0 Å². The van der Waals surface area contributed by atoms with E-state index < -0.39 is 0 Å². The predicted molar refractivity (Wildman–Crippen MR) is 89.6 cm³/mol. The molecule has 2 nitrogen and oxygen atoms in total. The van der Waals surface area contributed by atoms with Crippen LogP contribution in [0.1, 0.15) is 56.2 Å². The molecule has 1 aromatic rings. The second-order valence-electron chi connectivity index (χ2n) is 7.94. The molecule has 2 aliphatic rings. The lowest BCUT2D eigenvalue weighted by molar-refractivity contribution is 0.0216.